The quantitative estimate of drug-likeness (QED) is 0.872. The van der Waals surface area contributed by atoms with E-state index in [9.17, 15) is 9.50 Å². The van der Waals surface area contributed by atoms with Crippen LogP contribution in [-0.2, 0) is 0 Å². The lowest BCUT2D eigenvalue weighted by Crippen LogP contribution is -2.32. The Kier molecular flexibility index (Phi) is 4.92. The molecule has 1 aromatic carbocycles. The lowest BCUT2D eigenvalue weighted by molar-refractivity contribution is 0.0867. The number of aliphatic hydroxyl groups excluding tert-OH is 1. The summed E-state index contributed by atoms with van der Waals surface area (Å²) < 4.78 is 13.7. The Bertz CT molecular complexity index is 397. The third-order valence-electron chi connectivity index (χ3n) is 3.25. The van der Waals surface area contributed by atoms with Crippen molar-refractivity contribution >= 4 is 11.6 Å². The Morgan fingerprint density at radius 2 is 2.06 bits per heavy atom. The van der Waals surface area contributed by atoms with E-state index in [0.717, 1.165) is 12.0 Å². The number of halogens is 2. The first kappa shape index (κ1) is 14.4. The zero-order valence-corrected chi connectivity index (χ0v) is 11.1. The maximum absolute atomic E-state index is 13.7. The Morgan fingerprint density at radius 3 is 2.59 bits per heavy atom. The van der Waals surface area contributed by atoms with Gasteiger partial charge >= 0.3 is 0 Å². The monoisotopic (exact) mass is 259 g/mol. The van der Waals surface area contributed by atoms with Gasteiger partial charge in [-0.15, -0.1) is 0 Å². The molecule has 0 spiro atoms. The molecule has 0 aromatic heterocycles. The van der Waals surface area contributed by atoms with Gasteiger partial charge in [-0.3, -0.25) is 0 Å². The molecule has 0 aliphatic heterocycles. The molecule has 3 atom stereocenters. The molecule has 1 aromatic rings. The van der Waals surface area contributed by atoms with Gasteiger partial charge in [-0.05, 0) is 24.5 Å². The molecule has 0 heterocycles. The highest BCUT2D eigenvalue weighted by atomic mass is 35.5. The van der Waals surface area contributed by atoms with Crippen LogP contribution in [-0.4, -0.2) is 11.2 Å². The van der Waals surface area contributed by atoms with Crippen molar-refractivity contribution in [3.63, 3.8) is 0 Å². The summed E-state index contributed by atoms with van der Waals surface area (Å²) in [6.45, 7) is 5.62. The molecule has 0 saturated heterocycles. The van der Waals surface area contributed by atoms with Gasteiger partial charge in [0.05, 0.1) is 17.2 Å². The molecule has 0 aliphatic rings. The Hall–Kier alpha value is -0.640. The Balaban J connectivity index is 3.11. The first-order chi connectivity index (χ1) is 7.90. The fraction of sp³-hybridized carbons (Fsp3) is 0.538. The summed E-state index contributed by atoms with van der Waals surface area (Å²) in [6.07, 6.45) is -0.0197. The van der Waals surface area contributed by atoms with Crippen LogP contribution in [0.4, 0.5) is 4.39 Å². The van der Waals surface area contributed by atoms with Gasteiger partial charge in [-0.2, -0.15) is 0 Å². The minimum atomic E-state index is -0.797. The van der Waals surface area contributed by atoms with Crippen LogP contribution in [0, 0.1) is 18.7 Å². The molecule has 0 radical (unpaired) electrons. The van der Waals surface area contributed by atoms with Crippen molar-refractivity contribution in [1.82, 2.24) is 0 Å². The van der Waals surface area contributed by atoms with Crippen LogP contribution in [0.2, 0.25) is 5.02 Å². The fourth-order valence-corrected chi connectivity index (χ4v) is 2.03. The second-order valence-corrected chi connectivity index (χ2v) is 4.87. The molecule has 0 aliphatic carbocycles. The summed E-state index contributed by atoms with van der Waals surface area (Å²) in [7, 11) is 0. The second-order valence-electron chi connectivity index (χ2n) is 4.49. The SMILES string of the molecule is CCC(C)[C@@H](O)[C@@H](N)c1c(F)ccc(C)c1Cl. The third kappa shape index (κ3) is 2.97. The number of aliphatic hydroxyl groups is 1. The summed E-state index contributed by atoms with van der Waals surface area (Å²) in [5.41, 5.74) is 6.88. The lowest BCUT2D eigenvalue weighted by atomic mass is 9.90. The Labute approximate surface area is 107 Å². The predicted octanol–water partition coefficient (Wildman–Crippen LogP) is 3.19. The number of hydrogen-bond donors (Lipinski definition) is 2. The van der Waals surface area contributed by atoms with Crippen LogP contribution in [0.1, 0.15) is 37.4 Å². The van der Waals surface area contributed by atoms with E-state index in [2.05, 4.69) is 0 Å². The van der Waals surface area contributed by atoms with Gasteiger partial charge in [0.15, 0.2) is 0 Å². The molecule has 0 amide bonds. The van der Waals surface area contributed by atoms with E-state index >= 15 is 0 Å². The molecule has 0 bridgehead atoms. The van der Waals surface area contributed by atoms with Crippen molar-refractivity contribution in [2.45, 2.75) is 39.3 Å². The summed E-state index contributed by atoms with van der Waals surface area (Å²) >= 11 is 6.05. The summed E-state index contributed by atoms with van der Waals surface area (Å²) in [5.74, 6) is -0.462. The van der Waals surface area contributed by atoms with Crippen molar-refractivity contribution < 1.29 is 9.50 Å². The summed E-state index contributed by atoms with van der Waals surface area (Å²) in [5, 5.41) is 10.3. The molecule has 17 heavy (non-hydrogen) atoms. The fourth-order valence-electron chi connectivity index (χ4n) is 1.75. The number of rotatable bonds is 4. The Morgan fingerprint density at radius 1 is 1.47 bits per heavy atom. The standard InChI is InChI=1S/C13H19ClFNO/c1-4-7(2)13(17)12(16)10-9(15)6-5-8(3)11(10)14/h5-7,12-13,17H,4,16H2,1-3H3/t7?,12-,13+/m0/s1. The van der Waals surface area contributed by atoms with Crippen LogP contribution in [0.3, 0.4) is 0 Å². The minimum absolute atomic E-state index is 0.000906. The van der Waals surface area contributed by atoms with Crippen molar-refractivity contribution in [2.24, 2.45) is 11.7 Å². The summed E-state index contributed by atoms with van der Waals surface area (Å²) in [6, 6.07) is 2.14. The topological polar surface area (TPSA) is 46.2 Å². The van der Waals surface area contributed by atoms with Gasteiger partial charge in [-0.25, -0.2) is 4.39 Å². The summed E-state index contributed by atoms with van der Waals surface area (Å²) in [4.78, 5) is 0. The van der Waals surface area contributed by atoms with E-state index in [-0.39, 0.29) is 11.5 Å². The molecule has 1 unspecified atom stereocenters. The minimum Gasteiger partial charge on any atom is -0.391 e. The number of nitrogens with two attached hydrogens (primary N) is 1. The van der Waals surface area contributed by atoms with Gasteiger partial charge in [0, 0.05) is 5.56 Å². The van der Waals surface area contributed by atoms with E-state index in [1.165, 1.54) is 6.07 Å². The molecule has 0 fully saturated rings. The van der Waals surface area contributed by atoms with Crippen LogP contribution in [0.15, 0.2) is 12.1 Å². The molecule has 4 heteroatoms. The van der Waals surface area contributed by atoms with Gasteiger partial charge in [0.25, 0.3) is 0 Å². The largest absolute Gasteiger partial charge is 0.391 e. The molecule has 3 N–H and O–H groups in total. The van der Waals surface area contributed by atoms with Gasteiger partial charge in [0.2, 0.25) is 0 Å². The highest BCUT2D eigenvalue weighted by molar-refractivity contribution is 6.32. The maximum atomic E-state index is 13.7. The van der Waals surface area contributed by atoms with E-state index in [4.69, 9.17) is 17.3 Å². The normalized spacial score (nSPS) is 16.6. The zero-order chi connectivity index (χ0) is 13.2. The van der Waals surface area contributed by atoms with Crippen LogP contribution >= 0.6 is 11.6 Å². The molecular weight excluding hydrogens is 241 g/mol. The molecule has 96 valence electrons. The van der Waals surface area contributed by atoms with Gasteiger partial charge < -0.3 is 10.8 Å². The zero-order valence-electron chi connectivity index (χ0n) is 10.4. The van der Waals surface area contributed by atoms with Crippen molar-refractivity contribution in [1.29, 1.82) is 0 Å². The number of benzene rings is 1. The smallest absolute Gasteiger partial charge is 0.129 e. The molecular formula is C13H19ClFNO. The van der Waals surface area contributed by atoms with E-state index in [1.54, 1.807) is 13.0 Å². The van der Waals surface area contributed by atoms with Crippen LogP contribution < -0.4 is 5.73 Å². The average Bonchev–Trinajstić information content (AvgIpc) is 2.32. The number of hydrogen-bond acceptors (Lipinski definition) is 2. The maximum Gasteiger partial charge on any atom is 0.129 e. The van der Waals surface area contributed by atoms with Crippen molar-refractivity contribution in [3.05, 3.63) is 34.1 Å². The van der Waals surface area contributed by atoms with Gasteiger partial charge in [0.1, 0.15) is 5.82 Å². The molecule has 2 nitrogen and oxygen atoms in total. The van der Waals surface area contributed by atoms with E-state index in [1.807, 2.05) is 13.8 Å². The van der Waals surface area contributed by atoms with Crippen LogP contribution in [0.25, 0.3) is 0 Å². The number of aryl methyl sites for hydroxylation is 1. The van der Waals surface area contributed by atoms with Crippen LogP contribution in [0.5, 0.6) is 0 Å². The second kappa shape index (κ2) is 5.80. The average molecular weight is 260 g/mol. The predicted molar refractivity (Wildman–Crippen MR) is 68.5 cm³/mol. The lowest BCUT2D eigenvalue weighted by Gasteiger charge is -2.25. The molecule has 0 saturated carbocycles. The highest BCUT2D eigenvalue weighted by Gasteiger charge is 2.26. The third-order valence-corrected chi connectivity index (χ3v) is 3.75. The van der Waals surface area contributed by atoms with E-state index in [0.29, 0.717) is 5.02 Å². The first-order valence-corrected chi connectivity index (χ1v) is 6.16. The van der Waals surface area contributed by atoms with Crippen molar-refractivity contribution in [3.8, 4) is 0 Å². The van der Waals surface area contributed by atoms with Crippen molar-refractivity contribution in [2.75, 3.05) is 0 Å². The first-order valence-electron chi connectivity index (χ1n) is 5.78. The van der Waals surface area contributed by atoms with Gasteiger partial charge in [-0.1, -0.05) is 37.9 Å². The molecule has 1 rings (SSSR count). The van der Waals surface area contributed by atoms with E-state index < -0.39 is 18.0 Å². The highest BCUT2D eigenvalue weighted by Crippen LogP contribution is 2.31.